The van der Waals surface area contributed by atoms with Crippen LogP contribution in [0.4, 0.5) is 0 Å². The molecule has 0 atom stereocenters. The van der Waals surface area contributed by atoms with Crippen LogP contribution in [-0.2, 0) is 41.1 Å². The van der Waals surface area contributed by atoms with Crippen LogP contribution in [0.25, 0.3) is 102 Å². The molecule has 0 aliphatic carbocycles. The zero-order valence-electron chi connectivity index (χ0n) is 41.7. The zero-order chi connectivity index (χ0) is 47.2. The van der Waals surface area contributed by atoms with Crippen LogP contribution in [0.2, 0.25) is 0 Å². The second-order valence-corrected chi connectivity index (χ2v) is 22.4. The molecule has 8 aromatic rings. The molecule has 0 unspecified atom stereocenters. The Bertz CT molecular complexity index is 3160. The molecular formula is C61H60N6Zn. The van der Waals surface area contributed by atoms with E-state index in [9.17, 15) is 0 Å². The van der Waals surface area contributed by atoms with Crippen molar-refractivity contribution in [1.82, 2.24) is 29.9 Å². The molecule has 10 rings (SSSR count). The molecule has 68 heavy (non-hydrogen) atoms. The fraction of sp³-hybridized carbons (Fsp3) is 0.262. The van der Waals surface area contributed by atoms with Crippen molar-refractivity contribution in [2.24, 2.45) is 0 Å². The third-order valence-corrected chi connectivity index (χ3v) is 13.4. The summed E-state index contributed by atoms with van der Waals surface area (Å²) in [5, 5.41) is 0. The first-order chi connectivity index (χ1) is 31.7. The van der Waals surface area contributed by atoms with E-state index in [1.807, 2.05) is 0 Å². The van der Waals surface area contributed by atoms with Crippen molar-refractivity contribution in [2.45, 2.75) is 105 Å². The molecule has 0 spiro atoms. The molecule has 4 aromatic carbocycles. The fourth-order valence-electron chi connectivity index (χ4n) is 9.37. The molecule has 6 heterocycles. The van der Waals surface area contributed by atoms with E-state index in [0.29, 0.717) is 0 Å². The van der Waals surface area contributed by atoms with Gasteiger partial charge in [0.1, 0.15) is 5.69 Å². The van der Waals surface area contributed by atoms with Gasteiger partial charge in [0.25, 0.3) is 0 Å². The minimum Gasteiger partial charge on any atom is -0.657 e. The van der Waals surface area contributed by atoms with Gasteiger partial charge in [-0.15, -0.1) is 22.1 Å². The smallest absolute Gasteiger partial charge is 0.657 e. The molecule has 336 valence electrons. The van der Waals surface area contributed by atoms with E-state index in [2.05, 4.69) is 222 Å². The van der Waals surface area contributed by atoms with Crippen molar-refractivity contribution in [2.75, 3.05) is 0 Å². The number of imidazole rings is 1. The first-order valence-electron chi connectivity index (χ1n) is 23.6. The van der Waals surface area contributed by atoms with Crippen molar-refractivity contribution in [3.8, 4) is 67.3 Å². The number of nitrogens with one attached hydrogen (secondary N) is 1. The van der Waals surface area contributed by atoms with Gasteiger partial charge in [-0.2, -0.15) is 0 Å². The molecule has 0 saturated carbocycles. The standard InChI is InChI=1S/C61H60N6.Zn/c1-58(2,3)40-21-13-36(14-22-40)50-44-29-30-45(64-44)51(37-15-23-41(24-16-37)59(4,5)6)47-32-34-49(66-47)53(39-19-27-43(28-20-39)61(10,11)12)55-57-56(62-35-63-57)54(67-55)52(48-33-31-46(50)65-48)38-17-25-42(26-18-38)60(7,8)9;/h13-35H,1-12H3,(H,62,63);/q-2;+2. The summed E-state index contributed by atoms with van der Waals surface area (Å²) in [4.78, 5) is 30.9. The zero-order valence-corrected chi connectivity index (χ0v) is 44.7. The van der Waals surface area contributed by atoms with E-state index < -0.39 is 0 Å². The summed E-state index contributed by atoms with van der Waals surface area (Å²) in [5.41, 5.74) is 21.1. The number of hydrogen-bond donors (Lipinski definition) is 1. The van der Waals surface area contributed by atoms with Gasteiger partial charge in [-0.1, -0.05) is 204 Å². The predicted molar refractivity (Wildman–Crippen MR) is 281 cm³/mol. The van der Waals surface area contributed by atoms with Gasteiger partial charge in [-0.25, -0.2) is 15.0 Å². The summed E-state index contributed by atoms with van der Waals surface area (Å²) >= 11 is 0. The second kappa shape index (κ2) is 17.0. The van der Waals surface area contributed by atoms with Crippen molar-refractivity contribution in [3.05, 3.63) is 161 Å². The molecular weight excluding hydrogens is 882 g/mol. The van der Waals surface area contributed by atoms with Crippen LogP contribution >= 0.6 is 0 Å². The van der Waals surface area contributed by atoms with Crippen LogP contribution < -0.4 is 9.97 Å². The van der Waals surface area contributed by atoms with Gasteiger partial charge in [-0.05, 0) is 101 Å². The molecule has 6 nitrogen and oxygen atoms in total. The average molecular weight is 943 g/mol. The van der Waals surface area contributed by atoms with E-state index in [1.54, 1.807) is 6.33 Å². The molecule has 2 aliphatic heterocycles. The predicted octanol–water partition coefficient (Wildman–Crippen LogP) is 15.7. The molecule has 0 fully saturated rings. The van der Waals surface area contributed by atoms with Crippen LogP contribution in [0.5, 0.6) is 0 Å². The first kappa shape index (κ1) is 46.7. The number of hydrogen-bond acceptors (Lipinski definition) is 3. The topological polar surface area (TPSA) is 82.7 Å². The maximum absolute atomic E-state index is 5.66. The fourth-order valence-corrected chi connectivity index (χ4v) is 9.37. The Balaban J connectivity index is 0.00000578. The summed E-state index contributed by atoms with van der Waals surface area (Å²) in [7, 11) is 0. The molecule has 8 bridgehead atoms. The van der Waals surface area contributed by atoms with Gasteiger partial charge in [0.2, 0.25) is 0 Å². The maximum atomic E-state index is 5.66. The van der Waals surface area contributed by atoms with E-state index in [0.717, 1.165) is 101 Å². The second-order valence-electron chi connectivity index (χ2n) is 22.4. The summed E-state index contributed by atoms with van der Waals surface area (Å²) in [6.07, 6.45) is 6.07. The van der Waals surface area contributed by atoms with Gasteiger partial charge < -0.3 is 15.0 Å². The summed E-state index contributed by atoms with van der Waals surface area (Å²) < 4.78 is 0. The third-order valence-electron chi connectivity index (χ3n) is 13.4. The Kier molecular flexibility index (Phi) is 11.6. The summed E-state index contributed by atoms with van der Waals surface area (Å²) in [5.74, 6) is 0. The van der Waals surface area contributed by atoms with Crippen LogP contribution in [0, 0.1) is 0 Å². The van der Waals surface area contributed by atoms with Crippen LogP contribution in [0.15, 0.2) is 128 Å². The van der Waals surface area contributed by atoms with Crippen molar-refractivity contribution in [3.63, 3.8) is 0 Å². The third kappa shape index (κ3) is 8.55. The van der Waals surface area contributed by atoms with Crippen LogP contribution in [0.3, 0.4) is 0 Å². The van der Waals surface area contributed by atoms with Gasteiger partial charge >= 0.3 is 19.5 Å². The molecule has 0 saturated heterocycles. The Hall–Kier alpha value is -6.43. The summed E-state index contributed by atoms with van der Waals surface area (Å²) in [6.45, 7) is 27.0. The summed E-state index contributed by atoms with van der Waals surface area (Å²) in [6, 6.07) is 44.2. The molecule has 1 N–H and O–H groups in total. The Morgan fingerprint density at radius 2 is 0.662 bits per heavy atom. The van der Waals surface area contributed by atoms with Gasteiger partial charge in [-0.3, -0.25) is 0 Å². The van der Waals surface area contributed by atoms with Crippen LogP contribution in [0.1, 0.15) is 117 Å². The monoisotopic (exact) mass is 940 g/mol. The van der Waals surface area contributed by atoms with Crippen LogP contribution in [-0.4, -0.2) is 19.9 Å². The first-order valence-corrected chi connectivity index (χ1v) is 23.6. The van der Waals surface area contributed by atoms with E-state index in [1.165, 1.54) is 22.3 Å². The number of fused-ring (bicyclic) bond motifs is 11. The Morgan fingerprint density at radius 1 is 0.353 bits per heavy atom. The molecule has 7 heteroatoms. The van der Waals surface area contributed by atoms with Gasteiger partial charge in [0.05, 0.1) is 34.8 Å². The van der Waals surface area contributed by atoms with E-state index in [4.69, 9.17) is 24.9 Å². The number of aromatic nitrogens is 6. The molecule has 2 aliphatic rings. The van der Waals surface area contributed by atoms with Crippen molar-refractivity contribution >= 4 is 34.2 Å². The largest absolute Gasteiger partial charge is 2.00 e. The normalized spacial score (nSPS) is 12.8. The van der Waals surface area contributed by atoms with Crippen molar-refractivity contribution in [1.29, 1.82) is 0 Å². The molecule has 0 radical (unpaired) electrons. The Morgan fingerprint density at radius 3 is 1.00 bits per heavy atom. The number of aromatic amines is 1. The van der Waals surface area contributed by atoms with Gasteiger partial charge in [0.15, 0.2) is 0 Å². The van der Waals surface area contributed by atoms with E-state index in [-0.39, 0.29) is 41.1 Å². The maximum Gasteiger partial charge on any atom is 2.00 e. The number of nitrogens with zero attached hydrogens (tertiary/aromatic N) is 5. The minimum absolute atomic E-state index is 0. The quantitative estimate of drug-likeness (QED) is 0.178. The molecule has 0 amide bonds. The van der Waals surface area contributed by atoms with Crippen molar-refractivity contribution < 1.29 is 19.5 Å². The number of rotatable bonds is 4. The number of H-pyrrole nitrogens is 1. The Labute approximate surface area is 414 Å². The molecule has 4 aromatic heterocycles. The average Bonchev–Trinajstić information content (AvgIpc) is 4.14. The number of benzene rings is 4. The van der Waals surface area contributed by atoms with E-state index >= 15 is 0 Å². The SMILES string of the molecule is CC(C)(C)c1ccc(-c2c3nc(c(-c4ccc(C(C)(C)C)cc4)c4ccc([n-]4)c(-c4ccc(C(C)(C)C)cc4)c4nc(c(-c5ccc(C(C)(C)C)cc5)c5ccc2[n-]5)-c2nc[nH]c2-4)C=C3)cc1.[Zn+2]. The minimum atomic E-state index is -0.0145. The van der Waals surface area contributed by atoms with Gasteiger partial charge in [0, 0.05) is 0 Å².